The molecular weight excluding hydrogens is 425 g/mol. The Morgan fingerprint density at radius 1 is 1.07 bits per heavy atom. The number of hydrogen-bond donors (Lipinski definition) is 1. The summed E-state index contributed by atoms with van der Waals surface area (Å²) in [5.41, 5.74) is 1.39. The number of ketones is 1. The van der Waals surface area contributed by atoms with Crippen LogP contribution < -0.4 is 5.56 Å². The Morgan fingerprint density at radius 3 is 2.43 bits per heavy atom. The fourth-order valence-corrected chi connectivity index (χ4v) is 3.59. The standard InChI is InChI=1S/C18H10Cl3N5O2/c19-11-3-1-10(2-4-11)16(27)14-12(20)5-9(6-13(14)21)7-26-17-15(24-25-26)18(28)23-8-22-17/h1-6,8H,7H2,(H,22,23,28). The number of nitrogens with one attached hydrogen (secondary N) is 1. The molecule has 2 heterocycles. The van der Waals surface area contributed by atoms with Gasteiger partial charge in [0.2, 0.25) is 0 Å². The third-order valence-corrected chi connectivity index (χ3v) is 4.92. The van der Waals surface area contributed by atoms with Gasteiger partial charge in [-0.1, -0.05) is 40.0 Å². The zero-order valence-electron chi connectivity index (χ0n) is 14.0. The van der Waals surface area contributed by atoms with Crippen LogP contribution >= 0.6 is 34.8 Å². The van der Waals surface area contributed by atoms with Crippen molar-refractivity contribution in [1.29, 1.82) is 0 Å². The van der Waals surface area contributed by atoms with E-state index in [2.05, 4.69) is 20.3 Å². The topological polar surface area (TPSA) is 93.5 Å². The summed E-state index contributed by atoms with van der Waals surface area (Å²) >= 11 is 18.6. The maximum atomic E-state index is 12.8. The second-order valence-corrected chi connectivity index (χ2v) is 7.17. The Labute approximate surface area is 172 Å². The molecule has 0 radical (unpaired) electrons. The molecule has 0 aliphatic heterocycles. The molecule has 2 aromatic heterocycles. The number of rotatable bonds is 4. The van der Waals surface area contributed by atoms with Crippen molar-refractivity contribution in [2.45, 2.75) is 6.54 Å². The Balaban J connectivity index is 1.69. The molecule has 0 spiro atoms. The maximum Gasteiger partial charge on any atom is 0.280 e. The van der Waals surface area contributed by atoms with E-state index in [1.54, 1.807) is 36.4 Å². The first-order valence-corrected chi connectivity index (χ1v) is 9.12. The number of halogens is 3. The lowest BCUT2D eigenvalue weighted by Crippen LogP contribution is -2.09. The normalized spacial score (nSPS) is 11.1. The summed E-state index contributed by atoms with van der Waals surface area (Å²) in [6.45, 7) is 0.224. The van der Waals surface area contributed by atoms with Gasteiger partial charge >= 0.3 is 0 Å². The predicted molar refractivity (Wildman–Crippen MR) is 106 cm³/mol. The first kappa shape index (κ1) is 18.6. The molecule has 0 amide bonds. The lowest BCUT2D eigenvalue weighted by molar-refractivity contribution is 0.103. The molecule has 7 nitrogen and oxygen atoms in total. The van der Waals surface area contributed by atoms with Gasteiger partial charge in [0.1, 0.15) is 0 Å². The molecular formula is C18H10Cl3N5O2. The molecule has 0 fully saturated rings. The monoisotopic (exact) mass is 433 g/mol. The molecule has 4 rings (SSSR count). The molecule has 0 saturated carbocycles. The highest BCUT2D eigenvalue weighted by Crippen LogP contribution is 2.30. The van der Waals surface area contributed by atoms with Gasteiger partial charge < -0.3 is 4.98 Å². The average Bonchev–Trinajstić information content (AvgIpc) is 3.06. The van der Waals surface area contributed by atoms with Crippen molar-refractivity contribution in [3.05, 3.63) is 84.8 Å². The van der Waals surface area contributed by atoms with Crippen molar-refractivity contribution in [3.63, 3.8) is 0 Å². The number of aromatic nitrogens is 5. The van der Waals surface area contributed by atoms with Gasteiger partial charge in [0.25, 0.3) is 5.56 Å². The lowest BCUT2D eigenvalue weighted by atomic mass is 10.0. The molecule has 0 bridgehead atoms. The SMILES string of the molecule is O=C(c1ccc(Cl)cc1)c1c(Cl)cc(Cn2nnc3c(=O)[nH]cnc32)cc1Cl. The van der Waals surface area contributed by atoms with Crippen LogP contribution in [0.3, 0.4) is 0 Å². The van der Waals surface area contributed by atoms with E-state index in [4.69, 9.17) is 34.8 Å². The van der Waals surface area contributed by atoms with E-state index in [-0.39, 0.29) is 39.0 Å². The quantitative estimate of drug-likeness (QED) is 0.494. The van der Waals surface area contributed by atoms with E-state index in [9.17, 15) is 9.59 Å². The predicted octanol–water partition coefficient (Wildman–Crippen LogP) is 3.75. The van der Waals surface area contributed by atoms with Crippen LogP contribution in [-0.2, 0) is 6.54 Å². The molecule has 4 aromatic rings. The Morgan fingerprint density at radius 2 is 1.75 bits per heavy atom. The number of aromatic amines is 1. The summed E-state index contributed by atoms with van der Waals surface area (Å²) in [5.74, 6) is -0.308. The van der Waals surface area contributed by atoms with E-state index < -0.39 is 0 Å². The highest BCUT2D eigenvalue weighted by atomic mass is 35.5. The fraction of sp³-hybridized carbons (Fsp3) is 0.0556. The van der Waals surface area contributed by atoms with E-state index in [1.165, 1.54) is 11.0 Å². The first-order chi connectivity index (χ1) is 13.4. The van der Waals surface area contributed by atoms with Crippen molar-refractivity contribution in [1.82, 2.24) is 25.0 Å². The maximum absolute atomic E-state index is 12.8. The molecule has 0 aliphatic carbocycles. The zero-order valence-corrected chi connectivity index (χ0v) is 16.3. The van der Waals surface area contributed by atoms with E-state index in [0.29, 0.717) is 21.8 Å². The number of benzene rings is 2. The largest absolute Gasteiger partial charge is 0.311 e. The molecule has 28 heavy (non-hydrogen) atoms. The summed E-state index contributed by atoms with van der Waals surface area (Å²) in [4.78, 5) is 31.0. The van der Waals surface area contributed by atoms with Gasteiger partial charge in [0, 0.05) is 10.6 Å². The molecule has 10 heteroatoms. The molecule has 0 aliphatic rings. The second-order valence-electron chi connectivity index (χ2n) is 5.92. The molecule has 0 saturated heterocycles. The summed E-state index contributed by atoms with van der Waals surface area (Å²) < 4.78 is 1.45. The minimum Gasteiger partial charge on any atom is -0.311 e. The molecule has 0 unspecified atom stereocenters. The second kappa shape index (κ2) is 7.35. The first-order valence-electron chi connectivity index (χ1n) is 7.99. The van der Waals surface area contributed by atoms with E-state index >= 15 is 0 Å². The Kier molecular flexibility index (Phi) is 4.89. The van der Waals surface area contributed by atoms with Gasteiger partial charge in [0.15, 0.2) is 16.9 Å². The number of hydrogen-bond acceptors (Lipinski definition) is 5. The lowest BCUT2D eigenvalue weighted by Gasteiger charge is -2.10. The van der Waals surface area contributed by atoms with Gasteiger partial charge in [-0.05, 0) is 42.0 Å². The molecule has 140 valence electrons. The van der Waals surface area contributed by atoms with Crippen LogP contribution in [0.4, 0.5) is 0 Å². The van der Waals surface area contributed by atoms with Crippen molar-refractivity contribution in [2.75, 3.05) is 0 Å². The van der Waals surface area contributed by atoms with Crippen LogP contribution in [0.5, 0.6) is 0 Å². The Hall–Kier alpha value is -2.74. The molecule has 1 N–H and O–H groups in total. The highest BCUT2D eigenvalue weighted by Gasteiger charge is 2.19. The van der Waals surface area contributed by atoms with Gasteiger partial charge in [-0.25, -0.2) is 9.67 Å². The van der Waals surface area contributed by atoms with Crippen molar-refractivity contribution in [2.24, 2.45) is 0 Å². The number of nitrogens with zero attached hydrogens (tertiary/aromatic N) is 4. The van der Waals surface area contributed by atoms with Crippen LogP contribution in [0.25, 0.3) is 11.2 Å². The zero-order chi connectivity index (χ0) is 19.8. The summed E-state index contributed by atoms with van der Waals surface area (Å²) in [7, 11) is 0. The third-order valence-electron chi connectivity index (χ3n) is 4.07. The average molecular weight is 435 g/mol. The third kappa shape index (κ3) is 3.40. The highest BCUT2D eigenvalue weighted by molar-refractivity contribution is 6.41. The smallest absolute Gasteiger partial charge is 0.280 e. The van der Waals surface area contributed by atoms with Gasteiger partial charge in [0.05, 0.1) is 28.5 Å². The summed E-state index contributed by atoms with van der Waals surface area (Å²) in [5, 5.41) is 8.71. The number of fused-ring (bicyclic) bond motifs is 1. The molecule has 0 atom stereocenters. The Bertz CT molecular complexity index is 1240. The number of H-pyrrole nitrogens is 1. The summed E-state index contributed by atoms with van der Waals surface area (Å²) in [6.07, 6.45) is 1.28. The number of carbonyl (C=O) groups is 1. The molecule has 2 aromatic carbocycles. The van der Waals surface area contributed by atoms with Crippen molar-refractivity contribution in [3.8, 4) is 0 Å². The van der Waals surface area contributed by atoms with Crippen LogP contribution in [0, 0.1) is 0 Å². The van der Waals surface area contributed by atoms with Crippen molar-refractivity contribution >= 4 is 51.7 Å². The van der Waals surface area contributed by atoms with Crippen LogP contribution in [0.2, 0.25) is 15.1 Å². The van der Waals surface area contributed by atoms with Crippen LogP contribution in [0.1, 0.15) is 21.5 Å². The van der Waals surface area contributed by atoms with Crippen LogP contribution in [0.15, 0.2) is 47.5 Å². The van der Waals surface area contributed by atoms with Crippen LogP contribution in [-0.4, -0.2) is 30.7 Å². The van der Waals surface area contributed by atoms with Crippen molar-refractivity contribution < 1.29 is 4.79 Å². The summed E-state index contributed by atoms with van der Waals surface area (Å²) in [6, 6.07) is 9.70. The minimum atomic E-state index is -0.378. The fourth-order valence-electron chi connectivity index (χ4n) is 2.76. The van der Waals surface area contributed by atoms with Gasteiger partial charge in [-0.2, -0.15) is 0 Å². The minimum absolute atomic E-state index is 0.134. The van der Waals surface area contributed by atoms with Gasteiger partial charge in [-0.15, -0.1) is 5.10 Å². The van der Waals surface area contributed by atoms with Gasteiger partial charge in [-0.3, -0.25) is 9.59 Å². The van der Waals surface area contributed by atoms with E-state index in [1.807, 2.05) is 0 Å². The van der Waals surface area contributed by atoms with E-state index in [0.717, 1.165) is 0 Å². The number of carbonyl (C=O) groups excluding carboxylic acids is 1.